The molecule has 1 N–H and O–H groups in total. The number of ether oxygens (including phenoxy) is 1. The lowest BCUT2D eigenvalue weighted by molar-refractivity contribution is 0.278. The molecule has 0 saturated carbocycles. The van der Waals surface area contributed by atoms with Crippen molar-refractivity contribution in [3.05, 3.63) is 95.6 Å². The molecule has 3 atom stereocenters. The average Bonchev–Trinajstić information content (AvgIpc) is 2.75. The second kappa shape index (κ2) is 7.21. The van der Waals surface area contributed by atoms with E-state index in [0.29, 0.717) is 11.8 Å². The van der Waals surface area contributed by atoms with E-state index in [2.05, 4.69) is 53.8 Å². The van der Waals surface area contributed by atoms with Gasteiger partial charge in [-0.1, -0.05) is 54.6 Å². The van der Waals surface area contributed by atoms with Crippen LogP contribution in [0, 0.1) is 5.92 Å². The predicted octanol–water partition coefficient (Wildman–Crippen LogP) is 5.71. The smallest absolute Gasteiger partial charge is 0.127 e. The normalized spacial score (nSPS) is 23.9. The maximum Gasteiger partial charge on any atom is 0.127 e. The van der Waals surface area contributed by atoms with Crippen molar-refractivity contribution in [1.82, 2.24) is 5.32 Å². The van der Waals surface area contributed by atoms with Crippen LogP contribution in [0.4, 0.5) is 0 Å². The molecule has 3 aromatic carbocycles. The molecular weight excluding hydrogens is 330 g/mol. The first-order chi connectivity index (χ1) is 13.4. The molecule has 1 saturated heterocycles. The number of fused-ring (bicyclic) bond motifs is 3. The number of hydrogen-bond donors (Lipinski definition) is 1. The minimum atomic E-state index is 0.492. The molecule has 27 heavy (non-hydrogen) atoms. The van der Waals surface area contributed by atoms with Crippen molar-refractivity contribution in [2.75, 3.05) is 13.1 Å². The Balaban J connectivity index is 1.43. The molecule has 0 amide bonds. The number of piperidine rings is 1. The Labute approximate surface area is 161 Å². The first-order valence-corrected chi connectivity index (χ1v) is 10.0. The van der Waals surface area contributed by atoms with Crippen LogP contribution < -0.4 is 10.1 Å². The van der Waals surface area contributed by atoms with Crippen molar-refractivity contribution in [3.8, 4) is 11.5 Å². The van der Waals surface area contributed by atoms with Gasteiger partial charge in [-0.15, -0.1) is 0 Å². The van der Waals surface area contributed by atoms with Gasteiger partial charge in [-0.25, -0.2) is 0 Å². The molecule has 2 heteroatoms. The fourth-order valence-electron chi connectivity index (χ4n) is 4.86. The summed E-state index contributed by atoms with van der Waals surface area (Å²) in [4.78, 5) is 0. The molecule has 0 spiro atoms. The van der Waals surface area contributed by atoms with Crippen LogP contribution >= 0.6 is 0 Å². The highest BCUT2D eigenvalue weighted by Crippen LogP contribution is 2.47. The molecule has 0 aromatic heterocycles. The van der Waals surface area contributed by atoms with E-state index in [4.69, 9.17) is 4.74 Å². The molecule has 2 aliphatic rings. The van der Waals surface area contributed by atoms with Gasteiger partial charge in [0.15, 0.2) is 0 Å². The minimum Gasteiger partial charge on any atom is -0.457 e. The molecule has 0 radical (unpaired) electrons. The number of rotatable bonds is 3. The van der Waals surface area contributed by atoms with Crippen molar-refractivity contribution in [3.63, 3.8) is 0 Å². The summed E-state index contributed by atoms with van der Waals surface area (Å²) in [5, 5.41) is 3.59. The standard InChI is InChI=1S/C25H25NO/c1-2-6-20(7-3-1)27-21-12-10-18(11-13-21)24-16-19-14-15-26-17-25(19)23-9-5-4-8-22(23)24/h1-13,19,24-26H,14-17H2. The molecule has 1 heterocycles. The van der Waals surface area contributed by atoms with Crippen LogP contribution in [0.3, 0.4) is 0 Å². The Morgan fingerprint density at radius 1 is 0.741 bits per heavy atom. The van der Waals surface area contributed by atoms with Crippen molar-refractivity contribution < 1.29 is 4.74 Å². The zero-order valence-corrected chi connectivity index (χ0v) is 15.5. The van der Waals surface area contributed by atoms with E-state index in [0.717, 1.165) is 30.5 Å². The molecule has 0 bridgehead atoms. The Kier molecular flexibility index (Phi) is 4.43. The summed E-state index contributed by atoms with van der Waals surface area (Å²) in [6, 6.07) is 27.8. The third kappa shape index (κ3) is 3.26. The summed E-state index contributed by atoms with van der Waals surface area (Å²) in [5.41, 5.74) is 4.47. The molecule has 3 aromatic rings. The highest BCUT2D eigenvalue weighted by Gasteiger charge is 2.36. The maximum absolute atomic E-state index is 5.97. The van der Waals surface area contributed by atoms with Crippen LogP contribution in [0.1, 0.15) is 41.4 Å². The van der Waals surface area contributed by atoms with Crippen molar-refractivity contribution in [1.29, 1.82) is 0 Å². The summed E-state index contributed by atoms with van der Waals surface area (Å²) >= 11 is 0. The van der Waals surface area contributed by atoms with Gasteiger partial charge in [0.2, 0.25) is 0 Å². The molecule has 1 aliphatic heterocycles. The van der Waals surface area contributed by atoms with E-state index >= 15 is 0 Å². The maximum atomic E-state index is 5.97. The third-order valence-electron chi connectivity index (χ3n) is 6.20. The Hall–Kier alpha value is -2.58. The second-order valence-electron chi connectivity index (χ2n) is 7.76. The SMILES string of the molecule is c1ccc(Oc2ccc(C3CC4CCNCC4c4ccccc43)cc2)cc1. The zero-order chi connectivity index (χ0) is 18.1. The lowest BCUT2D eigenvalue weighted by atomic mass is 9.66. The predicted molar refractivity (Wildman–Crippen MR) is 110 cm³/mol. The van der Waals surface area contributed by atoms with Gasteiger partial charge < -0.3 is 10.1 Å². The summed E-state index contributed by atoms with van der Waals surface area (Å²) in [6.45, 7) is 2.28. The fourth-order valence-corrected chi connectivity index (χ4v) is 4.86. The van der Waals surface area contributed by atoms with Crippen LogP contribution in [0.5, 0.6) is 11.5 Å². The molecule has 3 unspecified atom stereocenters. The van der Waals surface area contributed by atoms with E-state index in [1.54, 1.807) is 5.56 Å². The second-order valence-corrected chi connectivity index (χ2v) is 7.76. The molecule has 136 valence electrons. The highest BCUT2D eigenvalue weighted by molar-refractivity contribution is 5.44. The zero-order valence-electron chi connectivity index (χ0n) is 15.5. The number of para-hydroxylation sites is 1. The van der Waals surface area contributed by atoms with Gasteiger partial charge in [-0.3, -0.25) is 0 Å². The van der Waals surface area contributed by atoms with Gasteiger partial charge in [0.05, 0.1) is 0 Å². The number of hydrogen-bond acceptors (Lipinski definition) is 2. The summed E-state index contributed by atoms with van der Waals surface area (Å²) in [6.07, 6.45) is 2.53. The molecule has 5 rings (SSSR count). The van der Waals surface area contributed by atoms with Crippen LogP contribution in [0.25, 0.3) is 0 Å². The van der Waals surface area contributed by atoms with Crippen molar-refractivity contribution in [2.24, 2.45) is 5.92 Å². The average molecular weight is 355 g/mol. The highest BCUT2D eigenvalue weighted by atomic mass is 16.5. The minimum absolute atomic E-state index is 0.492. The van der Waals surface area contributed by atoms with Gasteiger partial charge in [-0.05, 0) is 72.2 Å². The van der Waals surface area contributed by atoms with E-state index in [1.165, 1.54) is 24.0 Å². The first kappa shape index (κ1) is 16.6. The molecular formula is C25H25NO. The van der Waals surface area contributed by atoms with Crippen LogP contribution in [-0.4, -0.2) is 13.1 Å². The molecule has 2 nitrogen and oxygen atoms in total. The van der Waals surface area contributed by atoms with E-state index in [1.807, 2.05) is 30.3 Å². The Bertz CT molecular complexity index is 903. The first-order valence-electron chi connectivity index (χ1n) is 10.0. The van der Waals surface area contributed by atoms with Gasteiger partial charge >= 0.3 is 0 Å². The van der Waals surface area contributed by atoms with Gasteiger partial charge in [-0.2, -0.15) is 0 Å². The van der Waals surface area contributed by atoms with Crippen LogP contribution in [0.15, 0.2) is 78.9 Å². The third-order valence-corrected chi connectivity index (χ3v) is 6.20. The van der Waals surface area contributed by atoms with E-state index in [9.17, 15) is 0 Å². The van der Waals surface area contributed by atoms with Crippen LogP contribution in [0.2, 0.25) is 0 Å². The van der Waals surface area contributed by atoms with Gasteiger partial charge in [0.25, 0.3) is 0 Å². The van der Waals surface area contributed by atoms with Gasteiger partial charge in [0, 0.05) is 12.5 Å². The topological polar surface area (TPSA) is 21.3 Å². The lowest BCUT2D eigenvalue weighted by Crippen LogP contribution is -2.38. The summed E-state index contributed by atoms with van der Waals surface area (Å²) in [7, 11) is 0. The van der Waals surface area contributed by atoms with Crippen LogP contribution in [-0.2, 0) is 0 Å². The fraction of sp³-hybridized carbons (Fsp3) is 0.280. The van der Waals surface area contributed by atoms with Crippen molar-refractivity contribution in [2.45, 2.75) is 24.7 Å². The van der Waals surface area contributed by atoms with E-state index in [-0.39, 0.29) is 0 Å². The van der Waals surface area contributed by atoms with Gasteiger partial charge in [0.1, 0.15) is 11.5 Å². The number of nitrogens with one attached hydrogen (secondary N) is 1. The Morgan fingerprint density at radius 3 is 2.26 bits per heavy atom. The quantitative estimate of drug-likeness (QED) is 0.650. The van der Waals surface area contributed by atoms with E-state index < -0.39 is 0 Å². The summed E-state index contributed by atoms with van der Waals surface area (Å²) in [5.74, 6) is 3.73. The molecule has 1 aliphatic carbocycles. The lowest BCUT2D eigenvalue weighted by Gasteiger charge is -2.41. The monoisotopic (exact) mass is 355 g/mol. The summed E-state index contributed by atoms with van der Waals surface area (Å²) < 4.78 is 5.97. The number of benzene rings is 3. The molecule has 1 fully saturated rings. The van der Waals surface area contributed by atoms with Crippen molar-refractivity contribution >= 4 is 0 Å². The largest absolute Gasteiger partial charge is 0.457 e. The Morgan fingerprint density at radius 2 is 1.44 bits per heavy atom.